The van der Waals surface area contributed by atoms with E-state index < -0.39 is 6.10 Å². The number of hydrogen-bond donors (Lipinski definition) is 1. The lowest BCUT2D eigenvalue weighted by atomic mass is 9.84. The normalized spacial score (nSPS) is 17.9. The van der Waals surface area contributed by atoms with Gasteiger partial charge in [-0.2, -0.15) is 0 Å². The van der Waals surface area contributed by atoms with E-state index in [1.54, 1.807) is 16.7 Å². The van der Waals surface area contributed by atoms with Crippen LogP contribution in [0.4, 0.5) is 0 Å². The lowest BCUT2D eigenvalue weighted by molar-refractivity contribution is 0.0650. The van der Waals surface area contributed by atoms with Crippen molar-refractivity contribution in [1.29, 1.82) is 0 Å². The monoisotopic (exact) mass is 459 g/mol. The maximum Gasteiger partial charge on any atom is 0.261 e. The maximum absolute atomic E-state index is 13.4. The van der Waals surface area contributed by atoms with Crippen LogP contribution < -0.4 is 11.0 Å². The van der Waals surface area contributed by atoms with Crippen LogP contribution in [0.1, 0.15) is 20.7 Å². The fourth-order valence-electron chi connectivity index (χ4n) is 6.25. The first-order chi connectivity index (χ1) is 17.0. The number of pyridine rings is 1. The molecule has 7 heteroatoms. The molecule has 8 rings (SSSR count). The number of aliphatic hydroxyl groups is 1. The zero-order chi connectivity index (χ0) is 23.7. The molecule has 0 bridgehead atoms. The van der Waals surface area contributed by atoms with Gasteiger partial charge in [-0.25, -0.2) is 0 Å². The number of aromatic nitrogens is 1. The van der Waals surface area contributed by atoms with E-state index in [0.29, 0.717) is 27.4 Å². The number of fused-ring (bicyclic) bond motifs is 4. The molecule has 0 saturated carbocycles. The van der Waals surface area contributed by atoms with E-state index in [4.69, 9.17) is 0 Å². The standard InChI is InChI=1S/C28H17N3O4/c1-30-26(33)18-7-3-15-13-2-6-17-23-20(28(35)31-11-12(32)10-29-25(17)31)9-5-14(21(13)23)16-4-8-19(27(30)34)24(18)22(15)16/h2-9,12,32H,10-11H2,1H3. The SMILES string of the molecule is CN1C(=O)c2ccc3c4ccc5c(=O)n6c(c7ccc(c8ccc(c2c38)C1=O)c4c57)=NCC(O)C6. The Morgan fingerprint density at radius 2 is 1.20 bits per heavy atom. The number of nitrogens with zero attached hydrogens (tertiary/aromatic N) is 3. The van der Waals surface area contributed by atoms with Crippen LogP contribution in [0, 0.1) is 0 Å². The quantitative estimate of drug-likeness (QED) is 0.215. The highest BCUT2D eigenvalue weighted by Gasteiger charge is 2.32. The molecule has 168 valence electrons. The molecule has 1 unspecified atom stereocenters. The molecule has 0 radical (unpaired) electrons. The van der Waals surface area contributed by atoms with Gasteiger partial charge in [0.05, 0.1) is 19.2 Å². The molecule has 2 amide bonds. The van der Waals surface area contributed by atoms with Crippen molar-refractivity contribution in [2.45, 2.75) is 12.6 Å². The second-order valence-electron chi connectivity index (χ2n) is 9.55. The summed E-state index contributed by atoms with van der Waals surface area (Å²) in [5.41, 5.74) is 1.50. The summed E-state index contributed by atoms with van der Waals surface area (Å²) < 4.78 is 1.57. The maximum atomic E-state index is 13.4. The van der Waals surface area contributed by atoms with Crippen LogP contribution in [-0.2, 0) is 6.54 Å². The number of carbonyl (C=O) groups is 2. The lowest BCUT2D eigenvalue weighted by Crippen LogP contribution is -2.42. The van der Waals surface area contributed by atoms with Crippen LogP contribution in [0.15, 0.2) is 58.3 Å². The van der Waals surface area contributed by atoms with E-state index in [9.17, 15) is 19.5 Å². The van der Waals surface area contributed by atoms with Crippen LogP contribution in [0.25, 0.3) is 53.9 Å². The van der Waals surface area contributed by atoms with Crippen LogP contribution in [0.3, 0.4) is 0 Å². The van der Waals surface area contributed by atoms with Crippen molar-refractivity contribution in [3.8, 4) is 0 Å². The summed E-state index contributed by atoms with van der Waals surface area (Å²) in [6, 6.07) is 15.3. The third-order valence-corrected chi connectivity index (χ3v) is 7.79. The Balaban J connectivity index is 1.65. The average Bonchev–Trinajstić information content (AvgIpc) is 2.88. The number of hydrogen-bond acceptors (Lipinski definition) is 5. The van der Waals surface area contributed by atoms with Gasteiger partial charge in [0.25, 0.3) is 17.4 Å². The fraction of sp³-hybridized carbons (Fsp3) is 0.143. The van der Waals surface area contributed by atoms with E-state index in [0.717, 1.165) is 43.1 Å². The predicted octanol–water partition coefficient (Wildman–Crippen LogP) is 2.99. The Morgan fingerprint density at radius 1 is 0.714 bits per heavy atom. The summed E-state index contributed by atoms with van der Waals surface area (Å²) in [5.74, 6) is -0.601. The summed E-state index contributed by atoms with van der Waals surface area (Å²) >= 11 is 0. The average molecular weight is 459 g/mol. The predicted molar refractivity (Wildman–Crippen MR) is 133 cm³/mol. The highest BCUT2D eigenvalue weighted by Crippen LogP contribution is 2.44. The molecule has 6 aromatic rings. The minimum atomic E-state index is -0.673. The minimum absolute atomic E-state index is 0.158. The Bertz CT molecular complexity index is 2040. The largest absolute Gasteiger partial charge is 0.389 e. The van der Waals surface area contributed by atoms with Crippen molar-refractivity contribution < 1.29 is 14.7 Å². The third kappa shape index (κ3) is 2.07. The lowest BCUT2D eigenvalue weighted by Gasteiger charge is -2.26. The van der Waals surface area contributed by atoms with Gasteiger partial charge in [-0.3, -0.25) is 28.8 Å². The molecule has 0 fully saturated rings. The minimum Gasteiger partial charge on any atom is -0.389 e. The van der Waals surface area contributed by atoms with Gasteiger partial charge in [-0.1, -0.05) is 24.3 Å². The molecule has 2 aliphatic rings. The van der Waals surface area contributed by atoms with Crippen LogP contribution in [-0.4, -0.2) is 46.1 Å². The van der Waals surface area contributed by atoms with E-state index in [-0.39, 0.29) is 30.5 Å². The second kappa shape index (κ2) is 6.00. The molecule has 3 heterocycles. The fourth-order valence-corrected chi connectivity index (χ4v) is 6.25. The van der Waals surface area contributed by atoms with Gasteiger partial charge < -0.3 is 5.11 Å². The van der Waals surface area contributed by atoms with Gasteiger partial charge in [0, 0.05) is 39.7 Å². The van der Waals surface area contributed by atoms with Crippen molar-refractivity contribution in [2.24, 2.45) is 4.99 Å². The zero-order valence-corrected chi connectivity index (χ0v) is 18.6. The van der Waals surface area contributed by atoms with Crippen LogP contribution >= 0.6 is 0 Å². The number of rotatable bonds is 0. The Hall–Kier alpha value is -4.36. The van der Waals surface area contributed by atoms with Gasteiger partial charge in [-0.15, -0.1) is 0 Å². The Morgan fingerprint density at radius 3 is 1.83 bits per heavy atom. The molecular weight excluding hydrogens is 442 g/mol. The summed E-state index contributed by atoms with van der Waals surface area (Å²) in [4.78, 5) is 45.0. The zero-order valence-electron chi connectivity index (χ0n) is 18.6. The van der Waals surface area contributed by atoms with Crippen molar-refractivity contribution in [3.63, 3.8) is 0 Å². The first kappa shape index (κ1) is 19.0. The van der Waals surface area contributed by atoms with Gasteiger partial charge in [0.15, 0.2) is 0 Å². The van der Waals surface area contributed by atoms with E-state index in [2.05, 4.69) is 4.99 Å². The van der Waals surface area contributed by atoms with Crippen LogP contribution in [0.5, 0.6) is 0 Å². The summed E-state index contributed by atoms with van der Waals surface area (Å²) in [6.45, 7) is 0.494. The molecule has 1 aromatic heterocycles. The highest BCUT2D eigenvalue weighted by atomic mass is 16.3. The molecular formula is C28H17N3O4. The second-order valence-corrected chi connectivity index (χ2v) is 9.55. The van der Waals surface area contributed by atoms with Gasteiger partial charge in [-0.05, 0) is 56.6 Å². The van der Waals surface area contributed by atoms with Crippen molar-refractivity contribution in [2.75, 3.05) is 13.6 Å². The summed E-state index contributed by atoms with van der Waals surface area (Å²) in [7, 11) is 1.51. The molecule has 0 aliphatic carbocycles. The van der Waals surface area contributed by atoms with Gasteiger partial charge in [0.1, 0.15) is 5.49 Å². The Kier molecular flexibility index (Phi) is 3.26. The number of carbonyl (C=O) groups excluding carboxylic acids is 2. The molecule has 7 nitrogen and oxygen atoms in total. The Labute approximate surface area is 196 Å². The third-order valence-electron chi connectivity index (χ3n) is 7.79. The van der Waals surface area contributed by atoms with Crippen molar-refractivity contribution in [3.05, 3.63) is 75.5 Å². The molecule has 5 aromatic carbocycles. The van der Waals surface area contributed by atoms with E-state index in [1.807, 2.05) is 36.4 Å². The van der Waals surface area contributed by atoms with Gasteiger partial charge >= 0.3 is 0 Å². The molecule has 0 spiro atoms. The number of aliphatic hydroxyl groups excluding tert-OH is 1. The first-order valence-electron chi connectivity index (χ1n) is 11.5. The topological polar surface area (TPSA) is 92.0 Å². The molecule has 2 aliphatic heterocycles. The van der Waals surface area contributed by atoms with Gasteiger partial charge in [0.2, 0.25) is 0 Å². The van der Waals surface area contributed by atoms with E-state index >= 15 is 0 Å². The summed E-state index contributed by atoms with van der Waals surface area (Å²) in [5, 5.41) is 18.8. The summed E-state index contributed by atoms with van der Waals surface area (Å²) in [6.07, 6.45) is -0.673. The highest BCUT2D eigenvalue weighted by molar-refractivity contribution is 6.40. The van der Waals surface area contributed by atoms with E-state index in [1.165, 1.54) is 11.9 Å². The number of imide groups is 1. The van der Waals surface area contributed by atoms with Crippen molar-refractivity contribution >= 4 is 65.7 Å². The van der Waals surface area contributed by atoms with Crippen molar-refractivity contribution in [1.82, 2.24) is 9.47 Å². The number of amides is 2. The molecule has 0 saturated heterocycles. The first-order valence-corrected chi connectivity index (χ1v) is 11.5. The smallest absolute Gasteiger partial charge is 0.261 e. The number of benzene rings is 5. The molecule has 35 heavy (non-hydrogen) atoms. The van der Waals surface area contributed by atoms with Crippen LogP contribution in [0.2, 0.25) is 0 Å². The molecule has 1 atom stereocenters. The molecule has 1 N–H and O–H groups in total.